The van der Waals surface area contributed by atoms with Gasteiger partial charge in [0.25, 0.3) is 5.91 Å². The zero-order valence-corrected chi connectivity index (χ0v) is 47.3. The van der Waals surface area contributed by atoms with Crippen molar-refractivity contribution >= 4 is 57.9 Å². The van der Waals surface area contributed by atoms with Gasteiger partial charge in [-0.15, -0.1) is 11.8 Å². The second-order valence-electron chi connectivity index (χ2n) is 22.3. The first-order valence-corrected chi connectivity index (χ1v) is 27.5. The van der Waals surface area contributed by atoms with E-state index in [1.54, 1.807) is 70.0 Å². The monoisotopic (exact) mass is 1080 g/mol. The van der Waals surface area contributed by atoms with Gasteiger partial charge in [-0.1, -0.05) is 27.7 Å². The number of carbonyl (C=O) groups is 4. The first-order valence-electron chi connectivity index (χ1n) is 26.5. The summed E-state index contributed by atoms with van der Waals surface area (Å²) in [6.07, 6.45) is -1.30. The van der Waals surface area contributed by atoms with Gasteiger partial charge in [0.05, 0.1) is 58.9 Å². The number of methoxy groups -OCH3 is 2. The van der Waals surface area contributed by atoms with Crippen molar-refractivity contribution in [1.82, 2.24) is 24.4 Å². The molecule has 3 aromatic rings. The van der Waals surface area contributed by atoms with Crippen molar-refractivity contribution in [1.29, 1.82) is 0 Å². The highest BCUT2D eigenvalue weighted by atomic mass is 32.2. The van der Waals surface area contributed by atoms with Crippen LogP contribution < -0.4 is 11.1 Å². The fourth-order valence-corrected chi connectivity index (χ4v) is 13.7. The lowest BCUT2D eigenvalue weighted by Crippen LogP contribution is -2.61. The molecule has 21 nitrogen and oxygen atoms in total. The van der Waals surface area contributed by atoms with Gasteiger partial charge in [0, 0.05) is 86.9 Å². The summed E-state index contributed by atoms with van der Waals surface area (Å²) in [5.41, 5.74) is 3.94. The number of anilines is 2. The maximum Gasteiger partial charge on any atom is 0.320 e. The normalized spacial score (nSPS) is 38.8. The van der Waals surface area contributed by atoms with Gasteiger partial charge >= 0.3 is 11.9 Å². The number of fused-ring (bicyclic) bond motifs is 2. The number of hydrogen-bond donors (Lipinski definition) is 4. The summed E-state index contributed by atoms with van der Waals surface area (Å²) in [6.45, 7) is 18.3. The van der Waals surface area contributed by atoms with Crippen LogP contribution in [0.25, 0.3) is 11.0 Å². The molecule has 7 rings (SSSR count). The number of carbonyl (C=O) groups excluding carboxylic acids is 4. The van der Waals surface area contributed by atoms with Crippen molar-refractivity contribution < 1.29 is 67.3 Å². The van der Waals surface area contributed by atoms with E-state index in [0.717, 1.165) is 0 Å². The molecular weight excluding hydrogens is 1000 g/mol. The number of thioether (sulfide) groups is 1. The number of Topliss-reactive ketones (excluding diaryl/α,β-unsaturated/α-hetero) is 1. The Kier molecular flexibility index (Phi) is 18.7. The first kappa shape index (κ1) is 59.3. The highest BCUT2D eigenvalue weighted by Gasteiger charge is 2.62. The van der Waals surface area contributed by atoms with Crippen LogP contribution in [0, 0.1) is 29.6 Å². The van der Waals surface area contributed by atoms with Crippen molar-refractivity contribution in [3.05, 3.63) is 42.6 Å². The number of nitrogen functional groups attached to an aromatic ring is 1. The van der Waals surface area contributed by atoms with Crippen molar-refractivity contribution in [2.75, 3.05) is 45.1 Å². The Morgan fingerprint density at radius 3 is 2.28 bits per heavy atom. The molecule has 0 aliphatic carbocycles. The van der Waals surface area contributed by atoms with E-state index in [2.05, 4.69) is 20.3 Å². The van der Waals surface area contributed by atoms with E-state index >= 15 is 9.59 Å². The largest absolute Gasteiger partial charge is 0.458 e. The third-order valence-electron chi connectivity index (χ3n) is 16.7. The van der Waals surface area contributed by atoms with Crippen LogP contribution in [0.4, 0.5) is 11.5 Å². The fourth-order valence-electron chi connectivity index (χ4n) is 12.3. The van der Waals surface area contributed by atoms with Crippen molar-refractivity contribution in [3.63, 3.8) is 0 Å². The van der Waals surface area contributed by atoms with Gasteiger partial charge in [0.2, 0.25) is 0 Å². The zero-order chi connectivity index (χ0) is 55.8. The molecule has 4 aliphatic heterocycles. The molecule has 4 aliphatic rings. The number of imidazole rings is 1. The van der Waals surface area contributed by atoms with Crippen LogP contribution in [-0.4, -0.2) is 176 Å². The van der Waals surface area contributed by atoms with E-state index in [0.29, 0.717) is 28.9 Å². The van der Waals surface area contributed by atoms with Gasteiger partial charge in [0.15, 0.2) is 24.0 Å². The second-order valence-corrected chi connectivity index (χ2v) is 23.5. The molecular formula is C54H81N7O14S. The standard InChI is InChI=1S/C54H81N7O14S/c1-15-36-54(10)38(44(50(67)75-54)76-21-20-61-26-58-39-40(61)34(25-57-47(39)55)48(65)59-33-16-18-56-19-17-33)29(4)41(62)27(2)23-53(9,69-14)46(74-51-42(63)35(60(11)12)22-28(3)70-51)30(5)43(31(6)49(66)72-36)73-37-24-52(8,68-13)45(64)32(7)71-37/h16-19,25-32,35-38,42-46,51,63-64H,15,20-24H2,1-14H3,(H2,55,57)(H,56,59,65)/t27-,28-,29-,30+,31-,32+,35+,36-,37+,38+,42-,43+,44+,45+,46-,51+,52-,53-,54-/m1/s1. The van der Waals surface area contributed by atoms with Gasteiger partial charge in [-0.25, -0.2) is 9.97 Å². The van der Waals surface area contributed by atoms with Gasteiger partial charge < -0.3 is 68.6 Å². The van der Waals surface area contributed by atoms with Gasteiger partial charge in [0.1, 0.15) is 34.9 Å². The fraction of sp³-hybridized carbons (Fsp3) is 0.722. The van der Waals surface area contributed by atoms with Crippen molar-refractivity contribution in [2.24, 2.45) is 29.6 Å². The number of aliphatic hydroxyl groups is 2. The number of nitrogens with zero attached hydrogens (tertiary/aromatic N) is 5. The summed E-state index contributed by atoms with van der Waals surface area (Å²) in [6, 6.07) is 3.00. The van der Waals surface area contributed by atoms with Gasteiger partial charge in [-0.2, -0.15) is 0 Å². The summed E-state index contributed by atoms with van der Waals surface area (Å²) in [5, 5.41) is 25.0. The third-order valence-corrected chi connectivity index (χ3v) is 18.0. The number of cyclic esters (lactones) is 1. The molecule has 0 unspecified atom stereocenters. The Bertz CT molecular complexity index is 2530. The number of esters is 2. The lowest BCUT2D eigenvalue weighted by molar-refractivity contribution is -0.319. The summed E-state index contributed by atoms with van der Waals surface area (Å²) in [7, 11) is 6.81. The topological polar surface area (TPSA) is 267 Å². The van der Waals surface area contributed by atoms with Gasteiger partial charge in [-0.05, 0) is 87.0 Å². The number of aromatic nitrogens is 4. The summed E-state index contributed by atoms with van der Waals surface area (Å²) < 4.78 is 53.7. The Hall–Kier alpha value is -4.36. The van der Waals surface area contributed by atoms with Crippen LogP contribution in [0.2, 0.25) is 0 Å². The highest BCUT2D eigenvalue weighted by molar-refractivity contribution is 8.00. The Labute approximate surface area is 450 Å². The van der Waals surface area contributed by atoms with Crippen LogP contribution in [-0.2, 0) is 58.8 Å². The molecule has 5 N–H and O–H groups in total. The van der Waals surface area contributed by atoms with Crippen molar-refractivity contribution in [2.45, 2.75) is 185 Å². The number of pyridine rings is 2. The molecule has 0 bridgehead atoms. The molecule has 76 heavy (non-hydrogen) atoms. The molecule has 0 spiro atoms. The molecule has 0 radical (unpaired) electrons. The summed E-state index contributed by atoms with van der Waals surface area (Å²) >= 11 is 1.30. The van der Waals surface area contributed by atoms with E-state index in [-0.39, 0.29) is 55.1 Å². The minimum atomic E-state index is -1.48. The maximum absolute atomic E-state index is 15.3. The number of nitrogens with two attached hydrogens (primary N) is 1. The summed E-state index contributed by atoms with van der Waals surface area (Å²) in [4.78, 5) is 73.2. The highest BCUT2D eigenvalue weighted by Crippen LogP contribution is 2.50. The summed E-state index contributed by atoms with van der Waals surface area (Å²) in [5.74, 6) is -5.56. The molecule has 422 valence electrons. The number of hydrogen-bond acceptors (Lipinski definition) is 20. The Balaban J connectivity index is 1.25. The second kappa shape index (κ2) is 23.9. The number of aliphatic hydroxyl groups excluding tert-OH is 2. The van der Waals surface area contributed by atoms with E-state index < -0.39 is 119 Å². The zero-order valence-electron chi connectivity index (χ0n) is 46.5. The van der Waals surface area contributed by atoms with E-state index in [1.807, 2.05) is 53.6 Å². The first-order chi connectivity index (χ1) is 35.8. The van der Waals surface area contributed by atoms with E-state index in [9.17, 15) is 19.8 Å². The maximum atomic E-state index is 15.3. The molecule has 1 amide bonds. The molecule has 0 aromatic carbocycles. The molecule has 19 atom stereocenters. The van der Waals surface area contributed by atoms with Crippen molar-refractivity contribution in [3.8, 4) is 0 Å². The number of ketones is 1. The van der Waals surface area contributed by atoms with Crippen LogP contribution in [0.5, 0.6) is 0 Å². The van der Waals surface area contributed by atoms with E-state index in [1.165, 1.54) is 32.2 Å². The molecule has 3 aromatic heterocycles. The molecule has 0 saturated carbocycles. The molecule has 4 fully saturated rings. The molecule has 22 heteroatoms. The number of nitrogens with one attached hydrogen (secondary N) is 1. The Morgan fingerprint density at radius 2 is 1.63 bits per heavy atom. The predicted octanol–water partition coefficient (Wildman–Crippen LogP) is 5.04. The predicted molar refractivity (Wildman–Crippen MR) is 283 cm³/mol. The SMILES string of the molecule is CC[C@H]1OC(=O)[C@H](C)[C@@H](O[C@H]2C[C@@](C)(OC)[C@@H](O)[C@H](C)O2)[C@H](C)[C@@H](O[C@@H]2O[C@H](C)C[C@H](N(C)C)[C@H]2O)[C@](C)(OC)C[C@@H](C)C(=O)[C@H](C)[C@H]2[C@H](SCCn3cnc4c(N)ncc(C(=O)Nc5ccncc5)c43)C(=O)O[C@@]21C. The number of likely N-dealkylation sites (N-methyl/N-ethyl adjacent to an activating group) is 1. The van der Waals surface area contributed by atoms with Crippen LogP contribution >= 0.6 is 11.8 Å². The Morgan fingerprint density at radius 1 is 0.947 bits per heavy atom. The number of rotatable bonds is 14. The smallest absolute Gasteiger partial charge is 0.320 e. The number of amides is 1. The van der Waals surface area contributed by atoms with Crippen LogP contribution in [0.3, 0.4) is 0 Å². The van der Waals surface area contributed by atoms with Crippen LogP contribution in [0.15, 0.2) is 37.1 Å². The van der Waals surface area contributed by atoms with Gasteiger partial charge in [-0.3, -0.25) is 24.2 Å². The molecule has 7 heterocycles. The minimum Gasteiger partial charge on any atom is -0.458 e. The quantitative estimate of drug-likeness (QED) is 0.154. The number of aryl methyl sites for hydroxylation is 1. The third kappa shape index (κ3) is 11.8. The lowest BCUT2D eigenvalue weighted by Gasteiger charge is -2.50. The lowest BCUT2D eigenvalue weighted by atomic mass is 9.70. The van der Waals surface area contributed by atoms with E-state index in [4.69, 9.17) is 43.6 Å². The molecule has 4 saturated heterocycles. The minimum absolute atomic E-state index is 0.0977. The average Bonchev–Trinajstić information content (AvgIpc) is 3.93. The van der Waals surface area contributed by atoms with Crippen LogP contribution in [0.1, 0.15) is 105 Å². The number of ether oxygens (including phenoxy) is 8. The average molecular weight is 1080 g/mol.